The van der Waals surface area contributed by atoms with Crippen molar-refractivity contribution in [1.29, 1.82) is 0 Å². The smallest absolute Gasteiger partial charge is 0.312 e. The molecule has 1 aromatic rings. The highest BCUT2D eigenvalue weighted by Gasteiger charge is 2.67. The van der Waals surface area contributed by atoms with Gasteiger partial charge >= 0.3 is 5.97 Å². The number of amides is 1. The molecule has 4 atom stereocenters. The van der Waals surface area contributed by atoms with Gasteiger partial charge < -0.3 is 14.4 Å². The molecule has 1 aromatic carbocycles. The van der Waals surface area contributed by atoms with Crippen LogP contribution in [0.5, 0.6) is 0 Å². The van der Waals surface area contributed by atoms with Crippen LogP contribution < -0.4 is 4.90 Å². The summed E-state index contributed by atoms with van der Waals surface area (Å²) in [5.41, 5.74) is -0.0259. The standard InChI is InChI=1S/C19H20ClNO4/c1-11(2)9-24-18(23)15-14-6-7-19(25-14)10-21(17(22)16(15)19)13-5-3-4-12(20)8-13/h3-8,11,14-16H,9-10H2,1-2H3. The molecule has 6 heteroatoms. The molecule has 3 aliphatic rings. The number of carbonyl (C=O) groups is 2. The van der Waals surface area contributed by atoms with Gasteiger partial charge in [0.15, 0.2) is 0 Å². The van der Waals surface area contributed by atoms with Crippen molar-refractivity contribution in [3.05, 3.63) is 41.4 Å². The molecular formula is C19H20ClNO4. The fourth-order valence-corrected chi connectivity index (χ4v) is 4.16. The van der Waals surface area contributed by atoms with Crippen LogP contribution in [0.4, 0.5) is 5.69 Å². The Morgan fingerprint density at radius 3 is 3.00 bits per heavy atom. The van der Waals surface area contributed by atoms with E-state index in [-0.39, 0.29) is 23.9 Å². The van der Waals surface area contributed by atoms with Crippen molar-refractivity contribution in [3.63, 3.8) is 0 Å². The third-order valence-electron chi connectivity index (χ3n) is 5.05. The zero-order valence-corrected chi connectivity index (χ0v) is 14.9. The van der Waals surface area contributed by atoms with Crippen LogP contribution in [0.2, 0.25) is 5.02 Å². The lowest BCUT2D eigenvalue weighted by Gasteiger charge is -2.23. The van der Waals surface area contributed by atoms with Crippen molar-refractivity contribution in [2.24, 2.45) is 17.8 Å². The molecule has 0 N–H and O–H groups in total. The van der Waals surface area contributed by atoms with Gasteiger partial charge in [-0.25, -0.2) is 0 Å². The van der Waals surface area contributed by atoms with E-state index in [0.717, 1.165) is 5.69 Å². The predicted molar refractivity (Wildman–Crippen MR) is 93.3 cm³/mol. The highest BCUT2D eigenvalue weighted by molar-refractivity contribution is 6.31. The Morgan fingerprint density at radius 2 is 2.28 bits per heavy atom. The van der Waals surface area contributed by atoms with E-state index in [4.69, 9.17) is 21.1 Å². The quantitative estimate of drug-likeness (QED) is 0.611. The maximum atomic E-state index is 13.1. The second-order valence-corrected chi connectivity index (χ2v) is 7.76. The van der Waals surface area contributed by atoms with Crippen molar-refractivity contribution in [1.82, 2.24) is 0 Å². The van der Waals surface area contributed by atoms with Crippen molar-refractivity contribution in [3.8, 4) is 0 Å². The molecule has 0 saturated carbocycles. The molecule has 1 spiro atoms. The summed E-state index contributed by atoms with van der Waals surface area (Å²) in [4.78, 5) is 27.3. The molecule has 25 heavy (non-hydrogen) atoms. The van der Waals surface area contributed by atoms with Crippen LogP contribution >= 0.6 is 11.6 Å². The minimum Gasteiger partial charge on any atom is -0.465 e. The predicted octanol–water partition coefficient (Wildman–Crippen LogP) is 2.83. The summed E-state index contributed by atoms with van der Waals surface area (Å²) in [6.07, 6.45) is 3.43. The van der Waals surface area contributed by atoms with Gasteiger partial charge in [-0.15, -0.1) is 0 Å². The second-order valence-electron chi connectivity index (χ2n) is 7.33. The largest absolute Gasteiger partial charge is 0.465 e. The Labute approximate surface area is 151 Å². The van der Waals surface area contributed by atoms with Crippen LogP contribution in [0.1, 0.15) is 13.8 Å². The maximum absolute atomic E-state index is 13.1. The maximum Gasteiger partial charge on any atom is 0.312 e. The van der Waals surface area contributed by atoms with E-state index in [2.05, 4.69) is 0 Å². The molecule has 4 unspecified atom stereocenters. The molecule has 0 aliphatic carbocycles. The van der Waals surface area contributed by atoms with Gasteiger partial charge in [-0.1, -0.05) is 43.7 Å². The zero-order valence-electron chi connectivity index (χ0n) is 14.1. The molecule has 2 saturated heterocycles. The van der Waals surface area contributed by atoms with E-state index in [0.29, 0.717) is 18.2 Å². The first kappa shape index (κ1) is 16.6. The van der Waals surface area contributed by atoms with Crippen LogP contribution in [0.15, 0.2) is 36.4 Å². The zero-order chi connectivity index (χ0) is 17.8. The Balaban J connectivity index is 1.62. The van der Waals surface area contributed by atoms with Gasteiger partial charge in [-0.05, 0) is 24.1 Å². The lowest BCUT2D eigenvalue weighted by molar-refractivity contribution is -0.153. The lowest BCUT2D eigenvalue weighted by atomic mass is 9.77. The van der Waals surface area contributed by atoms with E-state index in [1.165, 1.54) is 0 Å². The molecule has 0 aromatic heterocycles. The molecule has 3 heterocycles. The van der Waals surface area contributed by atoms with Gasteiger partial charge in [0.05, 0.1) is 25.2 Å². The van der Waals surface area contributed by atoms with Crippen LogP contribution in [0.3, 0.4) is 0 Å². The lowest BCUT2D eigenvalue weighted by Crippen LogP contribution is -2.40. The molecule has 3 aliphatic heterocycles. The molecule has 2 fully saturated rings. The minimum absolute atomic E-state index is 0.111. The van der Waals surface area contributed by atoms with Gasteiger partial charge in [-0.2, -0.15) is 0 Å². The van der Waals surface area contributed by atoms with Crippen molar-refractivity contribution in [2.75, 3.05) is 18.1 Å². The Morgan fingerprint density at radius 1 is 1.48 bits per heavy atom. The third kappa shape index (κ3) is 2.57. The normalized spacial score (nSPS) is 32.6. The highest BCUT2D eigenvalue weighted by Crippen LogP contribution is 2.53. The number of hydrogen-bond acceptors (Lipinski definition) is 4. The summed E-state index contributed by atoms with van der Waals surface area (Å²) in [6.45, 7) is 4.69. The number of fused-ring (bicyclic) bond motifs is 1. The van der Waals surface area contributed by atoms with Gasteiger partial charge in [0, 0.05) is 10.7 Å². The van der Waals surface area contributed by atoms with Crippen molar-refractivity contribution >= 4 is 29.2 Å². The van der Waals surface area contributed by atoms with Crippen LogP contribution in [0.25, 0.3) is 0 Å². The molecule has 0 radical (unpaired) electrons. The second kappa shape index (κ2) is 5.85. The number of halogens is 1. The number of benzene rings is 1. The fraction of sp³-hybridized carbons (Fsp3) is 0.474. The number of hydrogen-bond donors (Lipinski definition) is 0. The molecule has 5 nitrogen and oxygen atoms in total. The van der Waals surface area contributed by atoms with Crippen LogP contribution in [-0.2, 0) is 19.1 Å². The van der Waals surface area contributed by atoms with E-state index in [9.17, 15) is 9.59 Å². The number of esters is 1. The number of anilines is 1. The van der Waals surface area contributed by atoms with Gasteiger partial charge in [0.25, 0.3) is 0 Å². The monoisotopic (exact) mass is 361 g/mol. The number of rotatable bonds is 4. The van der Waals surface area contributed by atoms with Gasteiger partial charge in [0.2, 0.25) is 5.91 Å². The number of carbonyl (C=O) groups excluding carboxylic acids is 2. The fourth-order valence-electron chi connectivity index (χ4n) is 3.97. The first-order valence-electron chi connectivity index (χ1n) is 8.52. The average molecular weight is 362 g/mol. The van der Waals surface area contributed by atoms with E-state index >= 15 is 0 Å². The van der Waals surface area contributed by atoms with Crippen molar-refractivity contribution < 1.29 is 19.1 Å². The molecular weight excluding hydrogens is 342 g/mol. The topological polar surface area (TPSA) is 55.8 Å². The van der Waals surface area contributed by atoms with E-state index in [1.807, 2.05) is 32.1 Å². The number of ether oxygens (including phenoxy) is 2. The summed E-state index contributed by atoms with van der Waals surface area (Å²) in [7, 11) is 0. The van der Waals surface area contributed by atoms with E-state index < -0.39 is 17.4 Å². The summed E-state index contributed by atoms with van der Waals surface area (Å²) < 4.78 is 11.5. The molecule has 1 amide bonds. The Hall–Kier alpha value is -1.85. The molecule has 2 bridgehead atoms. The summed E-state index contributed by atoms with van der Waals surface area (Å²) in [5.74, 6) is -1.34. The van der Waals surface area contributed by atoms with Gasteiger partial charge in [-0.3, -0.25) is 9.59 Å². The third-order valence-corrected chi connectivity index (χ3v) is 5.29. The summed E-state index contributed by atoms with van der Waals surface area (Å²) in [6, 6.07) is 7.15. The molecule has 4 rings (SSSR count). The minimum atomic E-state index is -0.744. The SMILES string of the molecule is CC(C)COC(=O)C1C2C=CC3(CN(c4cccc(Cl)c4)C(=O)C13)O2. The van der Waals surface area contributed by atoms with Gasteiger partial charge in [0.1, 0.15) is 11.5 Å². The Bertz CT molecular complexity index is 762. The van der Waals surface area contributed by atoms with Crippen LogP contribution in [0, 0.1) is 17.8 Å². The average Bonchev–Trinajstić information content (AvgIpc) is 3.21. The Kier molecular flexibility index (Phi) is 3.89. The van der Waals surface area contributed by atoms with Crippen LogP contribution in [-0.4, -0.2) is 36.7 Å². The first-order chi connectivity index (χ1) is 11.9. The van der Waals surface area contributed by atoms with E-state index in [1.54, 1.807) is 23.1 Å². The summed E-state index contributed by atoms with van der Waals surface area (Å²) in [5, 5.41) is 0.563. The van der Waals surface area contributed by atoms with Crippen molar-refractivity contribution in [2.45, 2.75) is 25.6 Å². The summed E-state index contributed by atoms with van der Waals surface area (Å²) >= 11 is 6.06. The highest BCUT2D eigenvalue weighted by atomic mass is 35.5. The number of nitrogens with zero attached hydrogens (tertiary/aromatic N) is 1. The first-order valence-corrected chi connectivity index (χ1v) is 8.90. The molecule has 132 valence electrons.